The molecule has 0 unspecified atom stereocenters. The van der Waals surface area contributed by atoms with Crippen LogP contribution in [0.4, 0.5) is 5.82 Å². The van der Waals surface area contributed by atoms with Gasteiger partial charge in [0, 0.05) is 18.2 Å². The molecule has 100 valence electrons. The van der Waals surface area contributed by atoms with E-state index in [1.54, 1.807) is 12.3 Å². The van der Waals surface area contributed by atoms with Gasteiger partial charge in [-0.1, -0.05) is 13.8 Å². The summed E-state index contributed by atoms with van der Waals surface area (Å²) in [6.07, 6.45) is 1.72. The van der Waals surface area contributed by atoms with Gasteiger partial charge in [0.15, 0.2) is 5.75 Å². The molecule has 6 nitrogen and oxygen atoms in total. The minimum absolute atomic E-state index is 0.186. The minimum Gasteiger partial charge on any atom is -0.437 e. The first kappa shape index (κ1) is 13.2. The molecule has 0 aliphatic carbocycles. The number of rotatable bonds is 4. The first-order chi connectivity index (χ1) is 9.10. The number of aromatic nitrogens is 3. The van der Waals surface area contributed by atoms with E-state index in [-0.39, 0.29) is 5.92 Å². The van der Waals surface area contributed by atoms with Gasteiger partial charge in [0.05, 0.1) is 5.69 Å². The first-order valence-electron chi connectivity index (χ1n) is 6.05. The van der Waals surface area contributed by atoms with E-state index in [0.717, 1.165) is 5.69 Å². The average molecular weight is 259 g/mol. The fraction of sp³-hybridized carbons (Fsp3) is 0.308. The van der Waals surface area contributed by atoms with Crippen LogP contribution in [-0.2, 0) is 0 Å². The van der Waals surface area contributed by atoms with Gasteiger partial charge in [0.2, 0.25) is 5.88 Å². The number of nitrogen functional groups attached to an aromatic ring is 1. The number of hydrogen-bond acceptors (Lipinski definition) is 6. The van der Waals surface area contributed by atoms with Crippen molar-refractivity contribution in [3.63, 3.8) is 0 Å². The van der Waals surface area contributed by atoms with Crippen molar-refractivity contribution in [1.82, 2.24) is 15.0 Å². The predicted octanol–water partition coefficient (Wildman–Crippen LogP) is 2.38. The van der Waals surface area contributed by atoms with Crippen LogP contribution in [0.2, 0.25) is 0 Å². The summed E-state index contributed by atoms with van der Waals surface area (Å²) < 4.78 is 5.73. The second kappa shape index (κ2) is 5.62. The molecule has 0 amide bonds. The molecular formula is C13H17N5O. The molecule has 3 N–H and O–H groups in total. The summed E-state index contributed by atoms with van der Waals surface area (Å²) in [5, 5.41) is 0. The van der Waals surface area contributed by atoms with E-state index in [1.165, 1.54) is 0 Å². The molecule has 2 aromatic heterocycles. The molecule has 0 spiro atoms. The third-order valence-corrected chi connectivity index (χ3v) is 2.56. The maximum atomic E-state index is 5.73. The van der Waals surface area contributed by atoms with E-state index in [2.05, 4.69) is 20.4 Å². The SMILES string of the molecule is Cc1ncccc1Oc1cc(NN)nc(C(C)C)n1. The third-order valence-electron chi connectivity index (χ3n) is 2.56. The van der Waals surface area contributed by atoms with Crippen LogP contribution in [0.15, 0.2) is 24.4 Å². The Kier molecular flexibility index (Phi) is 3.91. The quantitative estimate of drug-likeness (QED) is 0.647. The highest BCUT2D eigenvalue weighted by atomic mass is 16.5. The van der Waals surface area contributed by atoms with Crippen LogP contribution in [0.1, 0.15) is 31.3 Å². The molecule has 0 saturated carbocycles. The number of pyridine rings is 1. The van der Waals surface area contributed by atoms with Crippen molar-refractivity contribution >= 4 is 5.82 Å². The number of anilines is 1. The van der Waals surface area contributed by atoms with Crippen LogP contribution in [-0.4, -0.2) is 15.0 Å². The van der Waals surface area contributed by atoms with Gasteiger partial charge in [0.25, 0.3) is 0 Å². The highest BCUT2D eigenvalue weighted by Gasteiger charge is 2.10. The van der Waals surface area contributed by atoms with E-state index in [1.807, 2.05) is 32.9 Å². The highest BCUT2D eigenvalue weighted by Crippen LogP contribution is 2.24. The normalized spacial score (nSPS) is 10.6. The molecular weight excluding hydrogens is 242 g/mol. The van der Waals surface area contributed by atoms with Crippen molar-refractivity contribution in [3.05, 3.63) is 35.9 Å². The fourth-order valence-electron chi connectivity index (χ4n) is 1.52. The van der Waals surface area contributed by atoms with Crippen LogP contribution in [0.25, 0.3) is 0 Å². The molecule has 0 saturated heterocycles. The standard InChI is InChI=1S/C13H17N5O/c1-8(2)13-16-11(18-14)7-12(17-13)19-10-5-4-6-15-9(10)3/h4-8H,14H2,1-3H3,(H,16,17,18). The molecule has 0 aliphatic rings. The minimum atomic E-state index is 0.186. The number of nitrogens with zero attached hydrogens (tertiary/aromatic N) is 3. The molecule has 2 aromatic rings. The number of aryl methyl sites for hydroxylation is 1. The zero-order valence-corrected chi connectivity index (χ0v) is 11.2. The number of ether oxygens (including phenoxy) is 1. The maximum Gasteiger partial charge on any atom is 0.224 e. The zero-order valence-electron chi connectivity index (χ0n) is 11.2. The summed E-state index contributed by atoms with van der Waals surface area (Å²) in [5.41, 5.74) is 3.32. The zero-order chi connectivity index (χ0) is 13.8. The summed E-state index contributed by atoms with van der Waals surface area (Å²) >= 11 is 0. The van der Waals surface area contributed by atoms with E-state index in [9.17, 15) is 0 Å². The highest BCUT2D eigenvalue weighted by molar-refractivity contribution is 5.39. The van der Waals surface area contributed by atoms with Gasteiger partial charge >= 0.3 is 0 Å². The van der Waals surface area contributed by atoms with Crippen molar-refractivity contribution in [3.8, 4) is 11.6 Å². The van der Waals surface area contributed by atoms with E-state index in [0.29, 0.717) is 23.3 Å². The number of hydrazine groups is 1. The third kappa shape index (κ3) is 3.17. The smallest absolute Gasteiger partial charge is 0.224 e. The molecule has 19 heavy (non-hydrogen) atoms. The van der Waals surface area contributed by atoms with Crippen LogP contribution in [0.3, 0.4) is 0 Å². The Bertz CT molecular complexity index is 571. The van der Waals surface area contributed by atoms with Gasteiger partial charge in [-0.2, -0.15) is 4.98 Å². The predicted molar refractivity (Wildman–Crippen MR) is 73.0 cm³/mol. The second-order valence-electron chi connectivity index (χ2n) is 4.44. The summed E-state index contributed by atoms with van der Waals surface area (Å²) in [6.45, 7) is 5.89. The molecule has 2 rings (SSSR count). The molecule has 0 aliphatic heterocycles. The van der Waals surface area contributed by atoms with E-state index >= 15 is 0 Å². The van der Waals surface area contributed by atoms with Crippen molar-refractivity contribution in [2.75, 3.05) is 5.43 Å². The lowest BCUT2D eigenvalue weighted by atomic mass is 10.2. The first-order valence-corrected chi connectivity index (χ1v) is 6.05. The summed E-state index contributed by atoms with van der Waals surface area (Å²) in [7, 11) is 0. The van der Waals surface area contributed by atoms with Crippen LogP contribution >= 0.6 is 0 Å². The van der Waals surface area contributed by atoms with E-state index < -0.39 is 0 Å². The monoisotopic (exact) mass is 259 g/mol. The molecule has 0 fully saturated rings. The van der Waals surface area contributed by atoms with Gasteiger partial charge in [-0.25, -0.2) is 10.8 Å². The summed E-state index contributed by atoms with van der Waals surface area (Å²) in [5.74, 6) is 7.90. The number of hydrogen-bond donors (Lipinski definition) is 2. The summed E-state index contributed by atoms with van der Waals surface area (Å²) in [6, 6.07) is 5.31. The Labute approximate surface area is 112 Å². The molecule has 0 radical (unpaired) electrons. The lowest BCUT2D eigenvalue weighted by molar-refractivity contribution is 0.451. The van der Waals surface area contributed by atoms with Gasteiger partial charge < -0.3 is 10.2 Å². The van der Waals surface area contributed by atoms with Crippen molar-refractivity contribution < 1.29 is 4.74 Å². The Morgan fingerprint density at radius 1 is 1.32 bits per heavy atom. The molecule has 0 atom stereocenters. The molecule has 2 heterocycles. The average Bonchev–Trinajstić information content (AvgIpc) is 2.41. The molecule has 6 heteroatoms. The van der Waals surface area contributed by atoms with Gasteiger partial charge in [-0.05, 0) is 19.1 Å². The summed E-state index contributed by atoms with van der Waals surface area (Å²) in [4.78, 5) is 12.8. The maximum absolute atomic E-state index is 5.73. The van der Waals surface area contributed by atoms with Crippen LogP contribution in [0, 0.1) is 6.92 Å². The molecule has 0 bridgehead atoms. The topological polar surface area (TPSA) is 86.0 Å². The molecule has 0 aromatic carbocycles. The van der Waals surface area contributed by atoms with Gasteiger partial charge in [-0.3, -0.25) is 4.98 Å². The largest absolute Gasteiger partial charge is 0.437 e. The fourth-order valence-corrected chi connectivity index (χ4v) is 1.52. The lowest BCUT2D eigenvalue weighted by Crippen LogP contribution is -2.11. The lowest BCUT2D eigenvalue weighted by Gasteiger charge is -2.11. The Balaban J connectivity index is 2.34. The van der Waals surface area contributed by atoms with Gasteiger partial charge in [0.1, 0.15) is 11.6 Å². The van der Waals surface area contributed by atoms with Crippen molar-refractivity contribution in [2.24, 2.45) is 5.84 Å². The second-order valence-corrected chi connectivity index (χ2v) is 4.44. The van der Waals surface area contributed by atoms with Crippen molar-refractivity contribution in [2.45, 2.75) is 26.7 Å². The number of nitrogens with two attached hydrogens (primary N) is 1. The Hall–Kier alpha value is -2.21. The van der Waals surface area contributed by atoms with E-state index in [4.69, 9.17) is 10.6 Å². The number of nitrogens with one attached hydrogen (secondary N) is 1. The van der Waals surface area contributed by atoms with Crippen molar-refractivity contribution in [1.29, 1.82) is 0 Å². The van der Waals surface area contributed by atoms with Gasteiger partial charge in [-0.15, -0.1) is 0 Å². The van der Waals surface area contributed by atoms with Crippen LogP contribution < -0.4 is 16.0 Å². The van der Waals surface area contributed by atoms with Crippen LogP contribution in [0.5, 0.6) is 11.6 Å². The Morgan fingerprint density at radius 3 is 2.74 bits per heavy atom. The Morgan fingerprint density at radius 2 is 2.11 bits per heavy atom.